The van der Waals surface area contributed by atoms with Gasteiger partial charge >= 0.3 is 6.36 Å². The molecule has 1 atom stereocenters. The highest BCUT2D eigenvalue weighted by Crippen LogP contribution is 2.27. The minimum absolute atomic E-state index is 0.108. The van der Waals surface area contributed by atoms with Gasteiger partial charge in [-0.2, -0.15) is 0 Å². The summed E-state index contributed by atoms with van der Waals surface area (Å²) in [5.41, 5.74) is -0.108. The molecule has 1 aliphatic heterocycles. The van der Waals surface area contributed by atoms with Gasteiger partial charge < -0.3 is 14.8 Å². The second kappa shape index (κ2) is 5.58. The molecule has 4 nitrogen and oxygen atoms in total. The normalized spacial score (nSPS) is 20.1. The standard InChI is InChI=1S/C12H12F3NO3/c13-12(14,15)19-10-4-2-1-3-8(10)11(17)9-7-18-6-5-16-9/h1-4,9,16H,5-7H2. The number of alkyl halides is 3. The summed E-state index contributed by atoms with van der Waals surface area (Å²) >= 11 is 0. The van der Waals surface area contributed by atoms with Crippen molar-refractivity contribution in [2.24, 2.45) is 0 Å². The molecule has 1 N–H and O–H groups in total. The largest absolute Gasteiger partial charge is 0.573 e. The number of Topliss-reactive ketones (excluding diaryl/α,β-unsaturated/α-hetero) is 1. The SMILES string of the molecule is O=C(c1ccccc1OC(F)(F)F)C1COCCN1. The fourth-order valence-corrected chi connectivity index (χ4v) is 1.81. The molecule has 0 radical (unpaired) electrons. The van der Waals surface area contributed by atoms with E-state index in [0.29, 0.717) is 13.2 Å². The highest BCUT2D eigenvalue weighted by Gasteiger charge is 2.34. The Labute approximate surface area is 107 Å². The summed E-state index contributed by atoms with van der Waals surface area (Å²) in [6.07, 6.45) is -4.83. The van der Waals surface area contributed by atoms with E-state index in [-0.39, 0.29) is 12.2 Å². The third-order valence-corrected chi connectivity index (χ3v) is 2.62. The minimum atomic E-state index is -4.83. The predicted octanol–water partition coefficient (Wildman–Crippen LogP) is 1.76. The number of rotatable bonds is 3. The van der Waals surface area contributed by atoms with E-state index in [1.54, 1.807) is 0 Å². The van der Waals surface area contributed by atoms with Gasteiger partial charge in [-0.1, -0.05) is 12.1 Å². The number of carbonyl (C=O) groups excluding carboxylic acids is 1. The molecule has 1 aromatic carbocycles. The average molecular weight is 275 g/mol. The predicted molar refractivity (Wildman–Crippen MR) is 60.1 cm³/mol. The van der Waals surface area contributed by atoms with Crippen LogP contribution in [0, 0.1) is 0 Å². The van der Waals surface area contributed by atoms with E-state index in [0.717, 1.165) is 6.07 Å². The number of ketones is 1. The van der Waals surface area contributed by atoms with Gasteiger partial charge in [0.15, 0.2) is 5.78 Å². The van der Waals surface area contributed by atoms with Crippen molar-refractivity contribution in [3.63, 3.8) is 0 Å². The molecule has 7 heteroatoms. The van der Waals surface area contributed by atoms with Crippen LogP contribution in [0.5, 0.6) is 5.75 Å². The molecule has 1 aromatic rings. The molecule has 1 saturated heterocycles. The molecule has 0 amide bonds. The number of hydrogen-bond donors (Lipinski definition) is 1. The topological polar surface area (TPSA) is 47.6 Å². The van der Waals surface area contributed by atoms with Crippen molar-refractivity contribution >= 4 is 5.78 Å². The van der Waals surface area contributed by atoms with Gasteiger partial charge in [-0.25, -0.2) is 0 Å². The van der Waals surface area contributed by atoms with E-state index in [1.165, 1.54) is 18.2 Å². The summed E-state index contributed by atoms with van der Waals surface area (Å²) in [6, 6.07) is 4.64. The van der Waals surface area contributed by atoms with Gasteiger partial charge in [0, 0.05) is 6.54 Å². The summed E-state index contributed by atoms with van der Waals surface area (Å²) < 4.78 is 45.7. The monoisotopic (exact) mass is 275 g/mol. The number of carbonyl (C=O) groups is 1. The van der Waals surface area contributed by atoms with Crippen molar-refractivity contribution in [2.75, 3.05) is 19.8 Å². The third-order valence-electron chi connectivity index (χ3n) is 2.62. The Morgan fingerprint density at radius 2 is 2.11 bits per heavy atom. The lowest BCUT2D eigenvalue weighted by Crippen LogP contribution is -2.46. The van der Waals surface area contributed by atoms with Crippen LogP contribution in [0.1, 0.15) is 10.4 Å². The average Bonchev–Trinajstić information content (AvgIpc) is 2.38. The summed E-state index contributed by atoms with van der Waals surface area (Å²) in [5, 5.41) is 2.90. The fraction of sp³-hybridized carbons (Fsp3) is 0.417. The van der Waals surface area contributed by atoms with Gasteiger partial charge in [-0.3, -0.25) is 4.79 Å². The first-order valence-electron chi connectivity index (χ1n) is 5.67. The maximum absolute atomic E-state index is 12.3. The summed E-state index contributed by atoms with van der Waals surface area (Å²) in [6.45, 7) is 1.10. The molecule has 1 unspecified atom stereocenters. The van der Waals surface area contributed by atoms with Crippen LogP contribution in [0.2, 0.25) is 0 Å². The van der Waals surface area contributed by atoms with E-state index >= 15 is 0 Å². The molecule has 0 aliphatic carbocycles. The second-order valence-corrected chi connectivity index (χ2v) is 3.99. The zero-order chi connectivity index (χ0) is 13.9. The smallest absolute Gasteiger partial charge is 0.405 e. The summed E-state index contributed by atoms with van der Waals surface area (Å²) in [7, 11) is 0. The van der Waals surface area contributed by atoms with E-state index < -0.39 is 23.9 Å². The number of nitrogens with one attached hydrogen (secondary N) is 1. The highest BCUT2D eigenvalue weighted by molar-refractivity contribution is 6.02. The number of para-hydroxylation sites is 1. The maximum Gasteiger partial charge on any atom is 0.573 e. The third kappa shape index (κ3) is 3.68. The Balaban J connectivity index is 2.21. The van der Waals surface area contributed by atoms with Crippen LogP contribution in [0.4, 0.5) is 13.2 Å². The van der Waals surface area contributed by atoms with Crippen LogP contribution in [-0.4, -0.2) is 37.9 Å². The molecule has 0 spiro atoms. The Kier molecular flexibility index (Phi) is 4.06. The zero-order valence-corrected chi connectivity index (χ0v) is 9.87. The van der Waals surface area contributed by atoms with Gasteiger partial charge in [0.25, 0.3) is 0 Å². The van der Waals surface area contributed by atoms with Crippen LogP contribution < -0.4 is 10.1 Å². The van der Waals surface area contributed by atoms with E-state index in [9.17, 15) is 18.0 Å². The Hall–Kier alpha value is -1.60. The molecule has 1 aliphatic rings. The number of halogens is 3. The van der Waals surface area contributed by atoms with Gasteiger partial charge in [0.2, 0.25) is 0 Å². The summed E-state index contributed by atoms with van der Waals surface area (Å²) in [4.78, 5) is 12.1. The molecular formula is C12H12F3NO3. The van der Waals surface area contributed by atoms with Gasteiger partial charge in [-0.05, 0) is 12.1 Å². The zero-order valence-electron chi connectivity index (χ0n) is 9.87. The first-order chi connectivity index (χ1) is 8.97. The lowest BCUT2D eigenvalue weighted by molar-refractivity contribution is -0.274. The van der Waals surface area contributed by atoms with Crippen molar-refractivity contribution in [3.05, 3.63) is 29.8 Å². The van der Waals surface area contributed by atoms with Crippen LogP contribution >= 0.6 is 0 Å². The number of morpholine rings is 1. The Morgan fingerprint density at radius 3 is 2.74 bits per heavy atom. The molecular weight excluding hydrogens is 263 g/mol. The molecule has 0 bridgehead atoms. The van der Waals surface area contributed by atoms with Crippen molar-refractivity contribution in [1.82, 2.24) is 5.32 Å². The Bertz CT molecular complexity index is 456. The molecule has 19 heavy (non-hydrogen) atoms. The van der Waals surface area contributed by atoms with Gasteiger partial charge in [-0.15, -0.1) is 13.2 Å². The van der Waals surface area contributed by atoms with Gasteiger partial charge in [0.05, 0.1) is 24.8 Å². The van der Waals surface area contributed by atoms with E-state index in [1.807, 2.05) is 0 Å². The van der Waals surface area contributed by atoms with Crippen LogP contribution in [0.25, 0.3) is 0 Å². The maximum atomic E-state index is 12.3. The lowest BCUT2D eigenvalue weighted by Gasteiger charge is -2.23. The quantitative estimate of drug-likeness (QED) is 0.854. The molecule has 0 aromatic heterocycles. The molecule has 1 heterocycles. The van der Waals surface area contributed by atoms with Crippen molar-refractivity contribution < 1.29 is 27.4 Å². The number of benzene rings is 1. The van der Waals surface area contributed by atoms with Crippen LogP contribution in [0.3, 0.4) is 0 Å². The molecule has 1 fully saturated rings. The van der Waals surface area contributed by atoms with Crippen molar-refractivity contribution in [2.45, 2.75) is 12.4 Å². The first kappa shape index (κ1) is 13.8. The first-order valence-corrected chi connectivity index (χ1v) is 5.67. The fourth-order valence-electron chi connectivity index (χ4n) is 1.81. The van der Waals surface area contributed by atoms with Crippen LogP contribution in [-0.2, 0) is 4.74 Å². The van der Waals surface area contributed by atoms with E-state index in [2.05, 4.69) is 10.1 Å². The van der Waals surface area contributed by atoms with Crippen LogP contribution in [0.15, 0.2) is 24.3 Å². The molecule has 0 saturated carbocycles. The Morgan fingerprint density at radius 1 is 1.37 bits per heavy atom. The number of ether oxygens (including phenoxy) is 2. The minimum Gasteiger partial charge on any atom is -0.405 e. The van der Waals surface area contributed by atoms with Gasteiger partial charge in [0.1, 0.15) is 5.75 Å². The second-order valence-electron chi connectivity index (χ2n) is 3.99. The van der Waals surface area contributed by atoms with Crippen molar-refractivity contribution in [3.8, 4) is 5.75 Å². The molecule has 104 valence electrons. The highest BCUT2D eigenvalue weighted by atomic mass is 19.4. The molecule has 2 rings (SSSR count). The number of hydrogen-bond acceptors (Lipinski definition) is 4. The van der Waals surface area contributed by atoms with E-state index in [4.69, 9.17) is 4.74 Å². The van der Waals surface area contributed by atoms with Crippen molar-refractivity contribution in [1.29, 1.82) is 0 Å². The summed E-state index contributed by atoms with van der Waals surface area (Å²) in [5.74, 6) is -0.966. The lowest BCUT2D eigenvalue weighted by atomic mass is 10.0.